The molecule has 0 bridgehead atoms. The molecule has 0 saturated carbocycles. The van der Waals surface area contributed by atoms with E-state index >= 15 is 0 Å². The van der Waals surface area contributed by atoms with Crippen molar-refractivity contribution in [3.63, 3.8) is 0 Å². The molecule has 5 nitrogen and oxygen atoms in total. The second-order valence-electron chi connectivity index (χ2n) is 7.00. The number of para-hydroxylation sites is 1. The minimum absolute atomic E-state index is 0.0396. The van der Waals surface area contributed by atoms with Gasteiger partial charge in [0, 0.05) is 17.0 Å². The number of carbonyl (C=O) groups excluding carboxylic acids is 1. The van der Waals surface area contributed by atoms with E-state index in [4.69, 9.17) is 14.5 Å². The number of ether oxygens (including phenoxy) is 2. The molecular formula is C23H24N2O3S. The van der Waals surface area contributed by atoms with Gasteiger partial charge >= 0.3 is 0 Å². The number of pyridine rings is 1. The first-order chi connectivity index (χ1) is 14.2. The summed E-state index contributed by atoms with van der Waals surface area (Å²) in [5.74, 6) is 3.44. The molecule has 0 atom stereocenters. The zero-order chi connectivity index (χ0) is 20.2. The molecule has 150 valence electrons. The van der Waals surface area contributed by atoms with Crippen LogP contribution in [0.4, 0.5) is 0 Å². The number of aromatic nitrogens is 1. The largest absolute Gasteiger partial charge is 0.493 e. The number of benzene rings is 2. The maximum absolute atomic E-state index is 13.1. The molecule has 1 fully saturated rings. The number of hydrogen-bond acceptors (Lipinski definition) is 5. The number of fused-ring (bicyclic) bond motifs is 1. The van der Waals surface area contributed by atoms with Crippen molar-refractivity contribution in [3.8, 4) is 22.8 Å². The van der Waals surface area contributed by atoms with Crippen molar-refractivity contribution in [2.45, 2.75) is 18.9 Å². The number of amides is 1. The van der Waals surface area contributed by atoms with E-state index < -0.39 is 0 Å². The number of nitrogens with one attached hydrogen (secondary N) is 1. The third-order valence-corrected chi connectivity index (χ3v) is 6.25. The summed E-state index contributed by atoms with van der Waals surface area (Å²) in [4.78, 5) is 17.9. The van der Waals surface area contributed by atoms with Gasteiger partial charge in [0.05, 0.1) is 31.0 Å². The van der Waals surface area contributed by atoms with Crippen molar-refractivity contribution in [1.82, 2.24) is 10.3 Å². The van der Waals surface area contributed by atoms with Crippen molar-refractivity contribution < 1.29 is 14.3 Å². The molecule has 0 unspecified atom stereocenters. The molecule has 1 saturated heterocycles. The van der Waals surface area contributed by atoms with E-state index in [0.717, 1.165) is 46.5 Å². The Morgan fingerprint density at radius 3 is 2.55 bits per heavy atom. The van der Waals surface area contributed by atoms with E-state index in [2.05, 4.69) is 5.32 Å². The van der Waals surface area contributed by atoms with Crippen LogP contribution in [0.3, 0.4) is 0 Å². The molecule has 0 aliphatic carbocycles. The van der Waals surface area contributed by atoms with Gasteiger partial charge in [0.2, 0.25) is 0 Å². The van der Waals surface area contributed by atoms with E-state index in [1.54, 1.807) is 14.2 Å². The van der Waals surface area contributed by atoms with Crippen LogP contribution in [0.15, 0.2) is 48.5 Å². The Morgan fingerprint density at radius 1 is 1.03 bits per heavy atom. The van der Waals surface area contributed by atoms with Crippen LogP contribution in [0, 0.1) is 0 Å². The molecule has 2 heterocycles. The van der Waals surface area contributed by atoms with Gasteiger partial charge in [-0.1, -0.05) is 18.2 Å². The molecule has 1 aliphatic rings. The average Bonchev–Trinajstić information content (AvgIpc) is 2.78. The molecule has 6 heteroatoms. The van der Waals surface area contributed by atoms with Gasteiger partial charge in [0.25, 0.3) is 5.91 Å². The fourth-order valence-electron chi connectivity index (χ4n) is 3.61. The Morgan fingerprint density at radius 2 is 1.79 bits per heavy atom. The fourth-order valence-corrected chi connectivity index (χ4v) is 4.72. The van der Waals surface area contributed by atoms with Crippen LogP contribution in [-0.2, 0) is 0 Å². The topological polar surface area (TPSA) is 60.5 Å². The van der Waals surface area contributed by atoms with Crippen molar-refractivity contribution in [1.29, 1.82) is 0 Å². The summed E-state index contributed by atoms with van der Waals surface area (Å²) in [6.45, 7) is 0. The van der Waals surface area contributed by atoms with Crippen molar-refractivity contribution in [2.75, 3.05) is 25.7 Å². The number of thioether (sulfide) groups is 1. The Hall–Kier alpha value is -2.73. The summed E-state index contributed by atoms with van der Waals surface area (Å²) in [6.07, 6.45) is 2.03. The molecule has 3 aromatic rings. The summed E-state index contributed by atoms with van der Waals surface area (Å²) >= 11 is 1.95. The quantitative estimate of drug-likeness (QED) is 0.671. The van der Waals surface area contributed by atoms with Gasteiger partial charge < -0.3 is 14.8 Å². The molecule has 1 aromatic heterocycles. The third-order valence-electron chi connectivity index (χ3n) is 5.20. The average molecular weight is 409 g/mol. The highest BCUT2D eigenvalue weighted by Crippen LogP contribution is 2.33. The molecule has 0 spiro atoms. The lowest BCUT2D eigenvalue weighted by Crippen LogP contribution is -2.37. The van der Waals surface area contributed by atoms with E-state index in [-0.39, 0.29) is 11.9 Å². The van der Waals surface area contributed by atoms with Gasteiger partial charge in [-0.3, -0.25) is 4.79 Å². The molecule has 2 aromatic carbocycles. The maximum atomic E-state index is 13.1. The highest BCUT2D eigenvalue weighted by Gasteiger charge is 2.20. The van der Waals surface area contributed by atoms with Crippen LogP contribution in [0.1, 0.15) is 23.2 Å². The zero-order valence-corrected chi connectivity index (χ0v) is 17.4. The van der Waals surface area contributed by atoms with Crippen LogP contribution in [0.5, 0.6) is 11.5 Å². The summed E-state index contributed by atoms with van der Waals surface area (Å²) in [5, 5.41) is 4.08. The molecule has 1 N–H and O–H groups in total. The lowest BCUT2D eigenvalue weighted by atomic mass is 10.0. The predicted molar refractivity (Wildman–Crippen MR) is 118 cm³/mol. The first-order valence-corrected chi connectivity index (χ1v) is 10.9. The number of nitrogens with zero attached hydrogens (tertiary/aromatic N) is 1. The summed E-state index contributed by atoms with van der Waals surface area (Å²) in [7, 11) is 3.22. The van der Waals surface area contributed by atoms with Crippen LogP contribution in [0.2, 0.25) is 0 Å². The van der Waals surface area contributed by atoms with Crippen molar-refractivity contribution in [2.24, 2.45) is 0 Å². The van der Waals surface area contributed by atoms with Gasteiger partial charge in [-0.05, 0) is 54.7 Å². The Balaban J connectivity index is 1.75. The van der Waals surface area contributed by atoms with E-state index in [9.17, 15) is 4.79 Å². The second kappa shape index (κ2) is 8.74. The van der Waals surface area contributed by atoms with Gasteiger partial charge in [-0.2, -0.15) is 11.8 Å². The standard InChI is InChI=1S/C23H24N2O3S/c1-27-21-8-7-15(13-22(21)28-2)20-14-18(17-5-3-4-6-19(17)25-20)23(26)24-16-9-11-29-12-10-16/h3-8,13-14,16H,9-12H2,1-2H3,(H,24,26). The molecule has 4 rings (SSSR count). The second-order valence-corrected chi connectivity index (χ2v) is 8.23. The number of rotatable bonds is 5. The van der Waals surface area contributed by atoms with Gasteiger partial charge in [0.15, 0.2) is 11.5 Å². The normalized spacial score (nSPS) is 14.6. The molecule has 0 radical (unpaired) electrons. The molecule has 1 aliphatic heterocycles. The number of carbonyl (C=O) groups is 1. The summed E-state index contributed by atoms with van der Waals surface area (Å²) < 4.78 is 10.8. The minimum Gasteiger partial charge on any atom is -0.493 e. The van der Waals surface area contributed by atoms with Gasteiger partial charge in [-0.25, -0.2) is 4.98 Å². The SMILES string of the molecule is COc1ccc(-c2cc(C(=O)NC3CCSCC3)c3ccccc3n2)cc1OC. The van der Waals surface area contributed by atoms with Crippen LogP contribution < -0.4 is 14.8 Å². The number of methoxy groups -OCH3 is 2. The first-order valence-electron chi connectivity index (χ1n) is 9.70. The Labute approximate surface area is 174 Å². The monoisotopic (exact) mass is 408 g/mol. The minimum atomic E-state index is -0.0396. The smallest absolute Gasteiger partial charge is 0.252 e. The zero-order valence-electron chi connectivity index (χ0n) is 16.6. The fraction of sp³-hybridized carbons (Fsp3) is 0.304. The van der Waals surface area contributed by atoms with Crippen molar-refractivity contribution in [3.05, 3.63) is 54.1 Å². The summed E-state index contributed by atoms with van der Waals surface area (Å²) in [5.41, 5.74) is 3.05. The molecule has 29 heavy (non-hydrogen) atoms. The van der Waals surface area contributed by atoms with E-state index in [0.29, 0.717) is 17.1 Å². The van der Waals surface area contributed by atoms with Gasteiger partial charge in [-0.15, -0.1) is 0 Å². The third kappa shape index (κ3) is 4.17. The van der Waals surface area contributed by atoms with Crippen LogP contribution in [-0.4, -0.2) is 42.7 Å². The summed E-state index contributed by atoms with van der Waals surface area (Å²) in [6, 6.07) is 15.5. The Kier molecular flexibility index (Phi) is 5.90. The van der Waals surface area contributed by atoms with Crippen LogP contribution >= 0.6 is 11.8 Å². The maximum Gasteiger partial charge on any atom is 0.252 e. The highest BCUT2D eigenvalue weighted by molar-refractivity contribution is 7.99. The molecular weight excluding hydrogens is 384 g/mol. The first kappa shape index (κ1) is 19.6. The predicted octanol–water partition coefficient (Wildman–Crippen LogP) is 4.54. The lowest BCUT2D eigenvalue weighted by Gasteiger charge is -2.23. The van der Waals surface area contributed by atoms with Crippen LogP contribution in [0.25, 0.3) is 22.2 Å². The lowest BCUT2D eigenvalue weighted by molar-refractivity contribution is 0.0936. The van der Waals surface area contributed by atoms with E-state index in [1.807, 2.05) is 60.3 Å². The number of hydrogen-bond donors (Lipinski definition) is 1. The Bertz CT molecular complexity index is 1030. The van der Waals surface area contributed by atoms with Gasteiger partial charge in [0.1, 0.15) is 0 Å². The van der Waals surface area contributed by atoms with E-state index in [1.165, 1.54) is 0 Å². The highest BCUT2D eigenvalue weighted by atomic mass is 32.2. The molecule has 1 amide bonds. The van der Waals surface area contributed by atoms with Crippen molar-refractivity contribution >= 4 is 28.6 Å².